The van der Waals surface area contributed by atoms with Crippen LogP contribution in [-0.4, -0.2) is 45.0 Å². The quantitative estimate of drug-likeness (QED) is 0.535. The summed E-state index contributed by atoms with van der Waals surface area (Å²) in [5, 5.41) is 10.3. The lowest BCUT2D eigenvalue weighted by Crippen LogP contribution is -2.35. The predicted octanol–water partition coefficient (Wildman–Crippen LogP) is 2.43. The van der Waals surface area contributed by atoms with Crippen molar-refractivity contribution >= 4 is 21.7 Å². The number of carbonyl (C=O) groups excluding carboxylic acids is 1. The van der Waals surface area contributed by atoms with Crippen LogP contribution in [-0.2, 0) is 19.6 Å². The smallest absolute Gasteiger partial charge is 0.335 e. The standard InChI is InChI=1S/C20H23NO6S/c1-4-27-20(23)19(22)14(2)18(15-8-6-5-7-9-15)21-28(24,25)17-12-10-16(26-3)11-13-17/h5-14,19,22H,4H2,1-3H3/b21-18-/t14-,19-/m0/s1. The van der Waals surface area contributed by atoms with Crippen molar-refractivity contribution in [2.24, 2.45) is 10.3 Å². The number of hydrogen-bond donors (Lipinski definition) is 1. The zero-order valence-electron chi connectivity index (χ0n) is 15.9. The van der Waals surface area contributed by atoms with Gasteiger partial charge in [-0.1, -0.05) is 37.3 Å². The number of ether oxygens (including phenoxy) is 2. The lowest BCUT2D eigenvalue weighted by Gasteiger charge is -2.20. The molecule has 8 heteroatoms. The van der Waals surface area contributed by atoms with E-state index in [2.05, 4.69) is 4.40 Å². The summed E-state index contributed by atoms with van der Waals surface area (Å²) in [5.41, 5.74) is 0.549. The monoisotopic (exact) mass is 405 g/mol. The minimum Gasteiger partial charge on any atom is -0.497 e. The van der Waals surface area contributed by atoms with Crippen LogP contribution in [0.25, 0.3) is 0 Å². The summed E-state index contributed by atoms with van der Waals surface area (Å²) in [6, 6.07) is 14.3. The molecule has 0 aliphatic heterocycles. The molecule has 0 spiro atoms. The molecule has 0 unspecified atom stereocenters. The maximum absolute atomic E-state index is 12.8. The molecular formula is C20H23NO6S. The Morgan fingerprint density at radius 3 is 2.25 bits per heavy atom. The molecule has 2 aromatic rings. The number of esters is 1. The molecule has 0 saturated heterocycles. The van der Waals surface area contributed by atoms with Crippen molar-refractivity contribution in [1.82, 2.24) is 0 Å². The summed E-state index contributed by atoms with van der Waals surface area (Å²) in [6.45, 7) is 3.25. The summed E-state index contributed by atoms with van der Waals surface area (Å²) >= 11 is 0. The van der Waals surface area contributed by atoms with Gasteiger partial charge in [-0.05, 0) is 36.8 Å². The molecule has 2 aromatic carbocycles. The minimum atomic E-state index is -4.08. The molecular weight excluding hydrogens is 382 g/mol. The van der Waals surface area contributed by atoms with Crippen LogP contribution in [0.4, 0.5) is 0 Å². The van der Waals surface area contributed by atoms with Gasteiger partial charge in [-0.2, -0.15) is 12.8 Å². The highest BCUT2D eigenvalue weighted by atomic mass is 32.2. The van der Waals surface area contributed by atoms with E-state index >= 15 is 0 Å². The molecule has 0 radical (unpaired) electrons. The summed E-state index contributed by atoms with van der Waals surface area (Å²) < 4.78 is 39.5. The first-order valence-electron chi connectivity index (χ1n) is 8.69. The third-order valence-electron chi connectivity index (χ3n) is 4.08. The molecule has 0 aliphatic rings. The van der Waals surface area contributed by atoms with E-state index < -0.39 is 28.0 Å². The van der Waals surface area contributed by atoms with Crippen LogP contribution in [0, 0.1) is 5.92 Å². The third kappa shape index (κ3) is 5.17. The first-order chi connectivity index (χ1) is 13.3. The average molecular weight is 405 g/mol. The van der Waals surface area contributed by atoms with Gasteiger partial charge in [-0.15, -0.1) is 0 Å². The Bertz CT molecular complexity index is 923. The van der Waals surface area contributed by atoms with Crippen molar-refractivity contribution in [3.8, 4) is 5.75 Å². The van der Waals surface area contributed by atoms with Gasteiger partial charge in [0.25, 0.3) is 10.0 Å². The number of aliphatic hydroxyl groups is 1. The summed E-state index contributed by atoms with van der Waals surface area (Å²) in [7, 11) is -2.60. The Morgan fingerprint density at radius 2 is 1.71 bits per heavy atom. The van der Waals surface area contributed by atoms with Gasteiger partial charge in [-0.25, -0.2) is 4.79 Å². The number of nitrogens with zero attached hydrogens (tertiary/aromatic N) is 1. The Balaban J connectivity index is 2.50. The molecule has 0 aromatic heterocycles. The molecule has 150 valence electrons. The molecule has 0 saturated carbocycles. The zero-order chi connectivity index (χ0) is 20.7. The van der Waals surface area contributed by atoms with Gasteiger partial charge >= 0.3 is 5.97 Å². The van der Waals surface area contributed by atoms with Crippen LogP contribution in [0.5, 0.6) is 5.75 Å². The number of hydrogen-bond acceptors (Lipinski definition) is 6. The van der Waals surface area contributed by atoms with Gasteiger partial charge in [0.15, 0.2) is 6.10 Å². The number of methoxy groups -OCH3 is 1. The molecule has 2 atom stereocenters. The first kappa shape index (κ1) is 21.6. The fraction of sp³-hybridized carbons (Fsp3) is 0.300. The van der Waals surface area contributed by atoms with Gasteiger partial charge in [0, 0.05) is 5.92 Å². The van der Waals surface area contributed by atoms with Crippen LogP contribution < -0.4 is 4.74 Å². The van der Waals surface area contributed by atoms with Gasteiger partial charge in [0.1, 0.15) is 5.75 Å². The van der Waals surface area contributed by atoms with Crippen molar-refractivity contribution < 1.29 is 27.8 Å². The molecule has 2 rings (SSSR count). The van der Waals surface area contributed by atoms with Gasteiger partial charge in [0.2, 0.25) is 0 Å². The molecule has 0 amide bonds. The summed E-state index contributed by atoms with van der Waals surface area (Å²) in [6.07, 6.45) is -1.55. The average Bonchev–Trinajstić information content (AvgIpc) is 2.71. The van der Waals surface area contributed by atoms with E-state index in [1.165, 1.54) is 38.3 Å². The van der Waals surface area contributed by atoms with E-state index in [9.17, 15) is 18.3 Å². The largest absolute Gasteiger partial charge is 0.497 e. The predicted molar refractivity (Wildman–Crippen MR) is 105 cm³/mol. The Kier molecular flexibility index (Phi) is 7.31. The van der Waals surface area contributed by atoms with Crippen LogP contribution >= 0.6 is 0 Å². The second-order valence-corrected chi connectivity index (χ2v) is 7.58. The van der Waals surface area contributed by atoms with Crippen molar-refractivity contribution in [2.75, 3.05) is 13.7 Å². The number of carbonyl (C=O) groups is 1. The highest BCUT2D eigenvalue weighted by molar-refractivity contribution is 7.90. The maximum atomic E-state index is 12.8. The first-order valence-corrected chi connectivity index (χ1v) is 10.1. The topological polar surface area (TPSA) is 102 Å². The van der Waals surface area contributed by atoms with E-state index in [-0.39, 0.29) is 17.2 Å². The number of rotatable bonds is 8. The van der Waals surface area contributed by atoms with E-state index in [4.69, 9.17) is 9.47 Å². The van der Waals surface area contributed by atoms with E-state index in [1.807, 2.05) is 0 Å². The fourth-order valence-corrected chi connectivity index (χ4v) is 3.63. The van der Waals surface area contributed by atoms with Crippen molar-refractivity contribution in [2.45, 2.75) is 24.8 Å². The van der Waals surface area contributed by atoms with Gasteiger partial charge in [-0.3, -0.25) is 0 Å². The molecule has 0 aliphatic carbocycles. The van der Waals surface area contributed by atoms with Crippen LogP contribution in [0.1, 0.15) is 19.4 Å². The molecule has 0 heterocycles. The SMILES string of the molecule is CCOC(=O)[C@@H](O)[C@@H](C)/C(=N/S(=O)(=O)c1ccc(OC)cc1)c1ccccc1. The highest BCUT2D eigenvalue weighted by Gasteiger charge is 2.30. The number of sulfonamides is 1. The molecule has 7 nitrogen and oxygen atoms in total. The number of benzene rings is 2. The highest BCUT2D eigenvalue weighted by Crippen LogP contribution is 2.22. The molecule has 0 fully saturated rings. The number of aliphatic hydroxyl groups excluding tert-OH is 1. The zero-order valence-corrected chi connectivity index (χ0v) is 16.7. The van der Waals surface area contributed by atoms with Crippen molar-refractivity contribution in [1.29, 1.82) is 0 Å². The van der Waals surface area contributed by atoms with E-state index in [0.29, 0.717) is 11.3 Å². The summed E-state index contributed by atoms with van der Waals surface area (Å²) in [4.78, 5) is 11.9. The summed E-state index contributed by atoms with van der Waals surface area (Å²) in [5.74, 6) is -1.23. The second-order valence-electron chi connectivity index (χ2n) is 5.98. The second kappa shape index (κ2) is 9.48. The lowest BCUT2D eigenvalue weighted by atomic mass is 9.93. The molecule has 28 heavy (non-hydrogen) atoms. The fourth-order valence-electron chi connectivity index (χ4n) is 2.52. The molecule has 1 N–H and O–H groups in total. The minimum absolute atomic E-state index is 0.0282. The van der Waals surface area contributed by atoms with Crippen LogP contribution in [0.2, 0.25) is 0 Å². The van der Waals surface area contributed by atoms with Gasteiger partial charge in [0.05, 0.1) is 24.3 Å². The van der Waals surface area contributed by atoms with E-state index in [1.54, 1.807) is 37.3 Å². The molecule has 0 bridgehead atoms. The maximum Gasteiger partial charge on any atom is 0.335 e. The lowest BCUT2D eigenvalue weighted by molar-refractivity contribution is -0.154. The van der Waals surface area contributed by atoms with Crippen molar-refractivity contribution in [3.05, 3.63) is 60.2 Å². The van der Waals surface area contributed by atoms with Crippen molar-refractivity contribution in [3.63, 3.8) is 0 Å². The van der Waals surface area contributed by atoms with Crippen LogP contribution in [0.3, 0.4) is 0 Å². The van der Waals surface area contributed by atoms with Crippen LogP contribution in [0.15, 0.2) is 63.9 Å². The normalized spacial score (nSPS) is 14.2. The van der Waals surface area contributed by atoms with Gasteiger partial charge < -0.3 is 14.6 Å². The van der Waals surface area contributed by atoms with E-state index in [0.717, 1.165) is 0 Å². The third-order valence-corrected chi connectivity index (χ3v) is 5.38. The Labute approximate surface area is 164 Å². The Hall–Kier alpha value is -2.71. The Morgan fingerprint density at radius 1 is 1.11 bits per heavy atom.